The van der Waals surface area contributed by atoms with E-state index in [9.17, 15) is 4.79 Å². The molecule has 0 N–H and O–H groups in total. The summed E-state index contributed by atoms with van der Waals surface area (Å²) in [5.74, 6) is 0. The van der Waals surface area contributed by atoms with E-state index in [0.29, 0.717) is 5.56 Å². The molecule has 1 nitrogen and oxygen atoms in total. The highest BCUT2D eigenvalue weighted by molar-refractivity contribution is 5.85. The van der Waals surface area contributed by atoms with E-state index in [2.05, 4.69) is 66.7 Å². The summed E-state index contributed by atoms with van der Waals surface area (Å²) in [6.07, 6.45) is 0.873. The molecule has 0 unspecified atom stereocenters. The predicted octanol–water partition coefficient (Wildman–Crippen LogP) is 6.50. The Kier molecular flexibility index (Phi) is 4.44. The van der Waals surface area contributed by atoms with Gasteiger partial charge in [-0.25, -0.2) is 0 Å². The molecule has 1 heteroatoms. The van der Waals surface area contributed by atoms with Crippen molar-refractivity contribution in [1.29, 1.82) is 0 Å². The van der Waals surface area contributed by atoms with Crippen LogP contribution < -0.4 is 0 Å². The molecule has 0 aliphatic carbocycles. The molecule has 124 valence electrons. The number of carbonyl (C=O) groups excluding carboxylic acids is 1. The Morgan fingerprint density at radius 2 is 0.846 bits per heavy atom. The fourth-order valence-corrected chi connectivity index (χ4v) is 3.20. The van der Waals surface area contributed by atoms with Crippen molar-refractivity contribution in [3.8, 4) is 33.4 Å². The molecule has 0 saturated heterocycles. The minimum atomic E-state index is 0.693. The number of aldehydes is 1. The second kappa shape index (κ2) is 7.20. The molecular weight excluding hydrogens is 316 g/mol. The summed E-state index contributed by atoms with van der Waals surface area (Å²) < 4.78 is 0. The lowest BCUT2D eigenvalue weighted by molar-refractivity contribution is 0.112. The second-order valence-electron chi connectivity index (χ2n) is 6.23. The van der Waals surface area contributed by atoms with Crippen molar-refractivity contribution in [2.75, 3.05) is 0 Å². The van der Waals surface area contributed by atoms with Gasteiger partial charge in [0, 0.05) is 5.56 Å². The molecule has 0 radical (unpaired) electrons. The molecule has 4 rings (SSSR count). The molecule has 0 heterocycles. The maximum Gasteiger partial charge on any atom is 0.150 e. The van der Waals surface area contributed by atoms with Crippen molar-refractivity contribution < 1.29 is 4.79 Å². The molecule has 0 aromatic heterocycles. The largest absolute Gasteiger partial charge is 0.298 e. The number of carbonyl (C=O) groups is 1. The fraction of sp³-hybridized carbons (Fsp3) is 0. The summed E-state index contributed by atoms with van der Waals surface area (Å²) in [6, 6.07) is 35.1. The van der Waals surface area contributed by atoms with Crippen LogP contribution in [-0.4, -0.2) is 6.29 Å². The Labute approximate surface area is 153 Å². The summed E-state index contributed by atoms with van der Waals surface area (Å²) in [4.78, 5) is 10.9. The molecule has 0 saturated carbocycles. The lowest BCUT2D eigenvalue weighted by Crippen LogP contribution is -1.86. The molecule has 26 heavy (non-hydrogen) atoms. The summed E-state index contributed by atoms with van der Waals surface area (Å²) in [6.45, 7) is 0. The highest BCUT2D eigenvalue weighted by Crippen LogP contribution is 2.33. The van der Waals surface area contributed by atoms with E-state index in [-0.39, 0.29) is 0 Å². The quantitative estimate of drug-likeness (QED) is 0.389. The van der Waals surface area contributed by atoms with Gasteiger partial charge in [0.2, 0.25) is 0 Å². The van der Waals surface area contributed by atoms with Crippen LogP contribution in [0.25, 0.3) is 33.4 Å². The van der Waals surface area contributed by atoms with Gasteiger partial charge in [0.25, 0.3) is 0 Å². The highest BCUT2D eigenvalue weighted by Gasteiger charge is 2.07. The maximum absolute atomic E-state index is 10.9. The van der Waals surface area contributed by atoms with Crippen molar-refractivity contribution >= 4 is 6.29 Å². The summed E-state index contributed by atoms with van der Waals surface area (Å²) in [5, 5.41) is 0. The Bertz CT molecular complexity index is 1010. The maximum atomic E-state index is 10.9. The average molecular weight is 334 g/mol. The van der Waals surface area contributed by atoms with Crippen LogP contribution in [0.3, 0.4) is 0 Å². The van der Waals surface area contributed by atoms with E-state index in [1.165, 1.54) is 22.3 Å². The van der Waals surface area contributed by atoms with Crippen LogP contribution in [0.5, 0.6) is 0 Å². The van der Waals surface area contributed by atoms with E-state index in [1.807, 2.05) is 36.4 Å². The van der Waals surface area contributed by atoms with Gasteiger partial charge in [-0.1, -0.05) is 103 Å². The van der Waals surface area contributed by atoms with Gasteiger partial charge in [-0.05, 0) is 33.4 Å². The molecule has 0 aliphatic heterocycles. The van der Waals surface area contributed by atoms with Crippen LogP contribution in [0.4, 0.5) is 0 Å². The van der Waals surface area contributed by atoms with Crippen LogP contribution in [0.15, 0.2) is 103 Å². The van der Waals surface area contributed by atoms with Crippen LogP contribution in [0, 0.1) is 0 Å². The Hall–Kier alpha value is -3.45. The van der Waals surface area contributed by atoms with Gasteiger partial charge in [0.05, 0.1) is 0 Å². The first-order valence-corrected chi connectivity index (χ1v) is 8.66. The van der Waals surface area contributed by atoms with Crippen molar-refractivity contribution in [3.63, 3.8) is 0 Å². The van der Waals surface area contributed by atoms with Gasteiger partial charge < -0.3 is 0 Å². The normalized spacial score (nSPS) is 10.5. The van der Waals surface area contributed by atoms with E-state index in [1.54, 1.807) is 0 Å². The number of rotatable bonds is 4. The minimum absolute atomic E-state index is 0.693. The Morgan fingerprint density at radius 1 is 0.423 bits per heavy atom. The molecule has 0 bridgehead atoms. The van der Waals surface area contributed by atoms with Crippen LogP contribution in [0.1, 0.15) is 10.4 Å². The summed E-state index contributed by atoms with van der Waals surface area (Å²) in [7, 11) is 0. The third kappa shape index (κ3) is 3.20. The number of hydrogen-bond donors (Lipinski definition) is 0. The second-order valence-corrected chi connectivity index (χ2v) is 6.23. The van der Waals surface area contributed by atoms with E-state index < -0.39 is 0 Å². The summed E-state index contributed by atoms with van der Waals surface area (Å²) in [5.41, 5.74) is 7.76. The monoisotopic (exact) mass is 334 g/mol. The van der Waals surface area contributed by atoms with Crippen molar-refractivity contribution in [2.24, 2.45) is 0 Å². The van der Waals surface area contributed by atoms with Crippen LogP contribution in [-0.2, 0) is 0 Å². The van der Waals surface area contributed by atoms with Gasteiger partial charge in [0.1, 0.15) is 6.29 Å². The highest BCUT2D eigenvalue weighted by atomic mass is 16.1. The fourth-order valence-electron chi connectivity index (χ4n) is 3.20. The zero-order valence-corrected chi connectivity index (χ0v) is 14.3. The Morgan fingerprint density at radius 3 is 1.38 bits per heavy atom. The lowest BCUT2D eigenvalue weighted by Gasteiger charge is -2.11. The molecule has 0 amide bonds. The molecule has 4 aromatic rings. The lowest BCUT2D eigenvalue weighted by atomic mass is 9.93. The zero-order chi connectivity index (χ0) is 17.8. The molecule has 0 fully saturated rings. The standard InChI is InChI=1S/C25H18O/c26-18-19-10-12-22(13-11-19)24-8-4-5-9-25(24)23-16-14-21(15-17-23)20-6-2-1-3-7-20/h1-18H. The van der Waals surface area contributed by atoms with Crippen molar-refractivity contribution in [3.05, 3.63) is 109 Å². The van der Waals surface area contributed by atoms with E-state index in [4.69, 9.17) is 0 Å². The smallest absolute Gasteiger partial charge is 0.150 e. The van der Waals surface area contributed by atoms with Gasteiger partial charge in [-0.2, -0.15) is 0 Å². The topological polar surface area (TPSA) is 17.1 Å². The van der Waals surface area contributed by atoms with Crippen LogP contribution in [0.2, 0.25) is 0 Å². The van der Waals surface area contributed by atoms with Gasteiger partial charge in [-0.3, -0.25) is 4.79 Å². The minimum Gasteiger partial charge on any atom is -0.298 e. The first kappa shape index (κ1) is 16.0. The molecule has 0 atom stereocenters. The average Bonchev–Trinajstić information content (AvgIpc) is 2.75. The molecule has 0 aliphatic rings. The zero-order valence-electron chi connectivity index (χ0n) is 14.3. The van der Waals surface area contributed by atoms with Gasteiger partial charge >= 0.3 is 0 Å². The van der Waals surface area contributed by atoms with Crippen molar-refractivity contribution in [1.82, 2.24) is 0 Å². The number of hydrogen-bond acceptors (Lipinski definition) is 1. The molecular formula is C25H18O. The first-order chi connectivity index (χ1) is 12.8. The number of benzene rings is 4. The Balaban J connectivity index is 1.73. The molecule has 4 aromatic carbocycles. The van der Waals surface area contributed by atoms with Crippen LogP contribution >= 0.6 is 0 Å². The third-order valence-corrected chi connectivity index (χ3v) is 4.59. The SMILES string of the molecule is O=Cc1ccc(-c2ccccc2-c2ccc(-c3ccccc3)cc2)cc1. The van der Waals surface area contributed by atoms with Gasteiger partial charge in [0.15, 0.2) is 0 Å². The van der Waals surface area contributed by atoms with Gasteiger partial charge in [-0.15, -0.1) is 0 Å². The molecule has 0 spiro atoms. The van der Waals surface area contributed by atoms with E-state index >= 15 is 0 Å². The predicted molar refractivity (Wildman–Crippen MR) is 108 cm³/mol. The third-order valence-electron chi connectivity index (χ3n) is 4.59. The van der Waals surface area contributed by atoms with Crippen molar-refractivity contribution in [2.45, 2.75) is 0 Å². The summed E-state index contributed by atoms with van der Waals surface area (Å²) >= 11 is 0. The van der Waals surface area contributed by atoms with E-state index in [0.717, 1.165) is 17.4 Å². The first-order valence-electron chi connectivity index (χ1n) is 8.66.